The van der Waals surface area contributed by atoms with Gasteiger partial charge in [-0.25, -0.2) is 9.97 Å². The second-order valence-electron chi connectivity index (χ2n) is 7.38. The van der Waals surface area contributed by atoms with Crippen LogP contribution >= 0.6 is 0 Å². The van der Waals surface area contributed by atoms with Crippen molar-refractivity contribution in [2.24, 2.45) is 5.92 Å². The van der Waals surface area contributed by atoms with Crippen LogP contribution in [-0.2, 0) is 19.3 Å². The van der Waals surface area contributed by atoms with E-state index in [1.807, 2.05) is 12.3 Å². The lowest BCUT2D eigenvalue weighted by atomic mass is 10.1. The topological polar surface area (TPSA) is 62.7 Å². The van der Waals surface area contributed by atoms with Crippen LogP contribution in [-0.4, -0.2) is 28.0 Å². The molecule has 132 valence electrons. The Balaban J connectivity index is 1.65. The molecule has 2 aromatic heterocycles. The van der Waals surface area contributed by atoms with Gasteiger partial charge in [-0.2, -0.15) is 0 Å². The Morgan fingerprint density at radius 3 is 2.88 bits per heavy atom. The van der Waals surface area contributed by atoms with Crippen molar-refractivity contribution in [3.05, 3.63) is 46.7 Å². The Hall–Kier alpha value is -2.01. The molecule has 4 rings (SSSR count). The summed E-state index contributed by atoms with van der Waals surface area (Å²) in [5.74, 6) is 2.82. The van der Waals surface area contributed by atoms with Gasteiger partial charge in [-0.1, -0.05) is 6.07 Å². The monoisotopic (exact) mass is 337 g/mol. The Kier molecular flexibility index (Phi) is 4.66. The number of nitrogens with one attached hydrogen (secondary N) is 2. The summed E-state index contributed by atoms with van der Waals surface area (Å²) >= 11 is 0. The van der Waals surface area contributed by atoms with Crippen molar-refractivity contribution in [1.82, 2.24) is 20.3 Å². The van der Waals surface area contributed by atoms with Crippen molar-refractivity contribution < 1.29 is 0 Å². The molecule has 0 spiro atoms. The quantitative estimate of drug-likeness (QED) is 0.878. The van der Waals surface area contributed by atoms with Crippen LogP contribution in [0.5, 0.6) is 0 Å². The van der Waals surface area contributed by atoms with E-state index >= 15 is 0 Å². The zero-order chi connectivity index (χ0) is 17.2. The number of anilines is 1. The minimum absolute atomic E-state index is 0.130. The zero-order valence-corrected chi connectivity index (χ0v) is 15.2. The van der Waals surface area contributed by atoms with Crippen molar-refractivity contribution in [3.8, 4) is 0 Å². The van der Waals surface area contributed by atoms with Gasteiger partial charge in [0, 0.05) is 31.1 Å². The molecule has 0 radical (unpaired) electrons. The molecule has 2 aliphatic rings. The average molecular weight is 337 g/mol. The highest BCUT2D eigenvalue weighted by atomic mass is 15.1. The van der Waals surface area contributed by atoms with Gasteiger partial charge in [0.25, 0.3) is 0 Å². The number of pyridine rings is 1. The lowest BCUT2D eigenvalue weighted by Crippen LogP contribution is -2.17. The molecule has 0 bridgehead atoms. The maximum Gasteiger partial charge on any atom is 0.133 e. The lowest BCUT2D eigenvalue weighted by Gasteiger charge is -2.20. The van der Waals surface area contributed by atoms with Crippen molar-refractivity contribution in [2.45, 2.75) is 52.0 Å². The van der Waals surface area contributed by atoms with E-state index in [9.17, 15) is 0 Å². The fraction of sp³-hybridized carbons (Fsp3) is 0.550. The summed E-state index contributed by atoms with van der Waals surface area (Å²) < 4.78 is 0. The number of nitrogens with zero attached hydrogens (tertiary/aromatic N) is 3. The van der Waals surface area contributed by atoms with E-state index in [1.165, 1.54) is 29.7 Å². The molecule has 1 fully saturated rings. The van der Waals surface area contributed by atoms with Crippen molar-refractivity contribution in [2.75, 3.05) is 18.4 Å². The number of hydrogen-bond acceptors (Lipinski definition) is 5. The summed E-state index contributed by atoms with van der Waals surface area (Å²) in [5.41, 5.74) is 4.81. The van der Waals surface area contributed by atoms with Gasteiger partial charge >= 0.3 is 0 Å². The number of hydrogen-bond donors (Lipinski definition) is 2. The highest BCUT2D eigenvalue weighted by Gasteiger charge is 2.25. The van der Waals surface area contributed by atoms with Gasteiger partial charge in [-0.15, -0.1) is 0 Å². The minimum atomic E-state index is 0.130. The largest absolute Gasteiger partial charge is 0.362 e. The third-order valence-corrected chi connectivity index (χ3v) is 5.21. The van der Waals surface area contributed by atoms with E-state index in [0.717, 1.165) is 55.6 Å². The average Bonchev–Trinajstić information content (AvgIpc) is 3.42. The molecule has 0 saturated heterocycles. The molecular weight excluding hydrogens is 310 g/mol. The summed E-state index contributed by atoms with van der Waals surface area (Å²) in [6.07, 6.45) is 7.51. The molecule has 1 atom stereocenters. The highest BCUT2D eigenvalue weighted by Crippen LogP contribution is 2.33. The highest BCUT2D eigenvalue weighted by molar-refractivity contribution is 5.49. The lowest BCUT2D eigenvalue weighted by molar-refractivity contribution is 0.706. The van der Waals surface area contributed by atoms with Gasteiger partial charge in [0.15, 0.2) is 0 Å². The first-order chi connectivity index (χ1) is 12.2. The van der Waals surface area contributed by atoms with Crippen LogP contribution in [0.3, 0.4) is 0 Å². The molecule has 1 aliphatic carbocycles. The molecule has 0 aromatic carbocycles. The minimum Gasteiger partial charge on any atom is -0.362 e. The fourth-order valence-corrected chi connectivity index (χ4v) is 3.61. The van der Waals surface area contributed by atoms with Crippen LogP contribution in [0.15, 0.2) is 18.3 Å². The second kappa shape index (κ2) is 7.08. The van der Waals surface area contributed by atoms with Crippen LogP contribution in [0.4, 0.5) is 5.82 Å². The van der Waals surface area contributed by atoms with E-state index in [1.54, 1.807) is 0 Å². The van der Waals surface area contributed by atoms with Crippen LogP contribution in [0.1, 0.15) is 54.1 Å². The van der Waals surface area contributed by atoms with Crippen molar-refractivity contribution in [3.63, 3.8) is 0 Å². The summed E-state index contributed by atoms with van der Waals surface area (Å²) in [4.78, 5) is 14.4. The van der Waals surface area contributed by atoms with Crippen molar-refractivity contribution in [1.29, 1.82) is 0 Å². The first-order valence-electron chi connectivity index (χ1n) is 9.48. The van der Waals surface area contributed by atoms with Crippen LogP contribution in [0.25, 0.3) is 0 Å². The van der Waals surface area contributed by atoms with Crippen LogP contribution in [0, 0.1) is 12.8 Å². The molecule has 3 heterocycles. The maximum absolute atomic E-state index is 4.93. The third-order valence-electron chi connectivity index (χ3n) is 5.21. The molecular formula is C20H27N5. The maximum atomic E-state index is 4.93. The first-order valence-corrected chi connectivity index (χ1v) is 9.48. The normalized spacial score (nSPS) is 18.3. The Bertz CT molecular complexity index is 754. The van der Waals surface area contributed by atoms with Crippen molar-refractivity contribution >= 4 is 5.82 Å². The Morgan fingerprint density at radius 1 is 1.24 bits per heavy atom. The number of fused-ring (bicyclic) bond motifs is 1. The van der Waals surface area contributed by atoms with E-state index in [4.69, 9.17) is 9.97 Å². The summed E-state index contributed by atoms with van der Waals surface area (Å²) in [6, 6.07) is 4.23. The fourth-order valence-electron chi connectivity index (χ4n) is 3.61. The molecule has 5 nitrogen and oxygen atoms in total. The first kappa shape index (κ1) is 16.5. The zero-order valence-electron chi connectivity index (χ0n) is 15.2. The predicted octanol–water partition coefficient (Wildman–Crippen LogP) is 2.99. The number of rotatable bonds is 5. The van der Waals surface area contributed by atoms with Gasteiger partial charge in [0.2, 0.25) is 0 Å². The van der Waals surface area contributed by atoms with Gasteiger partial charge < -0.3 is 10.6 Å². The van der Waals surface area contributed by atoms with E-state index in [0.29, 0.717) is 0 Å². The van der Waals surface area contributed by atoms with E-state index in [2.05, 4.69) is 35.5 Å². The summed E-state index contributed by atoms with van der Waals surface area (Å²) in [5, 5.41) is 7.13. The van der Waals surface area contributed by atoms with Gasteiger partial charge in [0.1, 0.15) is 11.6 Å². The SMILES string of the molecule is Cc1cccnc1[C@@H](C)Nc1nc(CC2CC2)nc2c1CCNCC2. The number of aromatic nitrogens is 3. The summed E-state index contributed by atoms with van der Waals surface area (Å²) in [7, 11) is 0. The third kappa shape index (κ3) is 3.82. The molecule has 1 aliphatic heterocycles. The van der Waals surface area contributed by atoms with Gasteiger partial charge in [-0.05, 0) is 57.2 Å². The Labute approximate surface area is 149 Å². The van der Waals surface area contributed by atoms with E-state index < -0.39 is 0 Å². The Morgan fingerprint density at radius 2 is 2.08 bits per heavy atom. The van der Waals surface area contributed by atoms with Crippen LogP contribution < -0.4 is 10.6 Å². The molecule has 2 aromatic rings. The summed E-state index contributed by atoms with van der Waals surface area (Å²) in [6.45, 7) is 6.27. The molecule has 25 heavy (non-hydrogen) atoms. The smallest absolute Gasteiger partial charge is 0.133 e. The molecule has 0 amide bonds. The van der Waals surface area contributed by atoms with Gasteiger partial charge in [0.05, 0.1) is 17.4 Å². The molecule has 0 unspecified atom stereocenters. The molecule has 1 saturated carbocycles. The molecule has 5 heteroatoms. The molecule has 2 N–H and O–H groups in total. The standard InChI is InChI=1S/C20H27N5/c1-13-4-3-9-22-19(13)14(2)23-20-16-7-10-21-11-8-17(16)24-18(25-20)12-15-5-6-15/h3-4,9,14-15,21H,5-8,10-12H2,1-2H3,(H,23,24,25)/t14-/m1/s1. The van der Waals surface area contributed by atoms with E-state index in [-0.39, 0.29) is 6.04 Å². The second-order valence-corrected chi connectivity index (χ2v) is 7.38. The predicted molar refractivity (Wildman–Crippen MR) is 99.7 cm³/mol. The van der Waals surface area contributed by atoms with Gasteiger partial charge in [-0.3, -0.25) is 4.98 Å². The van der Waals surface area contributed by atoms with Crippen LogP contribution in [0.2, 0.25) is 0 Å². The number of aryl methyl sites for hydroxylation is 1.